The zero-order valence-electron chi connectivity index (χ0n) is 11.3. The van der Waals surface area contributed by atoms with Crippen molar-refractivity contribution in [2.75, 3.05) is 5.75 Å². The first-order valence-electron chi connectivity index (χ1n) is 6.70. The van der Waals surface area contributed by atoms with Crippen molar-refractivity contribution < 1.29 is 4.79 Å². The average molecular weight is 269 g/mol. The zero-order valence-corrected chi connectivity index (χ0v) is 12.1. The molecule has 102 valence electrons. The maximum atomic E-state index is 11.0. The maximum Gasteiger partial charge on any atom is 0.219 e. The Morgan fingerprint density at radius 1 is 1.44 bits per heavy atom. The molecule has 0 aromatic heterocycles. The lowest BCUT2D eigenvalue weighted by atomic mass is 9.84. The van der Waals surface area contributed by atoms with Gasteiger partial charge in [-0.25, -0.2) is 0 Å². The predicted molar refractivity (Wildman–Crippen MR) is 76.7 cm³/mol. The third-order valence-corrected chi connectivity index (χ3v) is 4.81. The van der Waals surface area contributed by atoms with E-state index in [9.17, 15) is 4.79 Å². The minimum Gasteiger partial charge on any atom is -0.370 e. The van der Waals surface area contributed by atoms with Gasteiger partial charge in [-0.1, -0.05) is 31.0 Å². The van der Waals surface area contributed by atoms with Crippen LogP contribution in [0.5, 0.6) is 0 Å². The van der Waals surface area contributed by atoms with E-state index in [1.54, 1.807) is 11.8 Å². The quantitative estimate of drug-likeness (QED) is 0.824. The summed E-state index contributed by atoms with van der Waals surface area (Å²) in [6.45, 7) is 3.99. The molecule has 1 fully saturated rings. The first-order valence-corrected chi connectivity index (χ1v) is 7.69. The van der Waals surface area contributed by atoms with Crippen molar-refractivity contribution in [3.63, 3.8) is 0 Å². The molecule has 2 rings (SSSR count). The monoisotopic (exact) mass is 269 g/mol. The van der Waals surface area contributed by atoms with Crippen LogP contribution in [0, 0.1) is 0 Å². The fourth-order valence-electron chi connectivity index (χ4n) is 2.78. The predicted octanol–water partition coefficient (Wildman–Crippen LogP) is 2.04. The van der Waals surface area contributed by atoms with Crippen molar-refractivity contribution in [3.8, 4) is 0 Å². The van der Waals surface area contributed by atoms with E-state index in [0.29, 0.717) is 6.42 Å². The number of aliphatic imine (C=N–C) groups is 1. The molecule has 0 unspecified atom stereocenters. The largest absolute Gasteiger partial charge is 0.370 e. The standard InChI is InChI=1S/C13H23N3OS/c1-12(2,8-10(14)17)15-11-16-13(9-18-11)6-4-3-5-7-13/h3-9H2,1-2H3,(H2,14,17)(H,15,16). The molecule has 0 atom stereocenters. The molecule has 1 aliphatic carbocycles. The van der Waals surface area contributed by atoms with Gasteiger partial charge in [0.2, 0.25) is 5.91 Å². The minimum absolute atomic E-state index is 0.175. The van der Waals surface area contributed by atoms with Gasteiger partial charge in [-0.3, -0.25) is 9.79 Å². The fraction of sp³-hybridized carbons (Fsp3) is 0.846. The summed E-state index contributed by atoms with van der Waals surface area (Å²) >= 11 is 1.79. The minimum atomic E-state index is -0.308. The second-order valence-electron chi connectivity index (χ2n) is 6.14. The normalized spacial score (nSPS) is 22.9. The number of nitrogens with zero attached hydrogens (tertiary/aromatic N) is 1. The highest BCUT2D eigenvalue weighted by atomic mass is 32.2. The van der Waals surface area contributed by atoms with Crippen molar-refractivity contribution >= 4 is 22.8 Å². The lowest BCUT2D eigenvalue weighted by molar-refractivity contribution is -0.119. The number of carbonyl (C=O) groups excluding carboxylic acids is 1. The van der Waals surface area contributed by atoms with E-state index < -0.39 is 0 Å². The van der Waals surface area contributed by atoms with Gasteiger partial charge in [0, 0.05) is 17.7 Å². The molecule has 0 saturated heterocycles. The second kappa shape index (κ2) is 5.11. The van der Waals surface area contributed by atoms with Crippen LogP contribution in [0.15, 0.2) is 4.99 Å². The molecule has 1 saturated carbocycles. The van der Waals surface area contributed by atoms with Crippen LogP contribution >= 0.6 is 11.8 Å². The Morgan fingerprint density at radius 2 is 2.11 bits per heavy atom. The number of amides is 1. The summed E-state index contributed by atoms with van der Waals surface area (Å²) in [5.74, 6) is 0.811. The number of primary amides is 1. The average Bonchev–Trinajstić information content (AvgIpc) is 2.59. The van der Waals surface area contributed by atoms with E-state index in [2.05, 4.69) is 5.32 Å². The Hall–Kier alpha value is -0.710. The molecule has 0 bridgehead atoms. The number of hydrogen-bond acceptors (Lipinski definition) is 4. The van der Waals surface area contributed by atoms with Crippen molar-refractivity contribution in [2.24, 2.45) is 10.7 Å². The Kier molecular flexibility index (Phi) is 3.90. The summed E-state index contributed by atoms with van der Waals surface area (Å²) in [5, 5.41) is 4.36. The lowest BCUT2D eigenvalue weighted by Crippen LogP contribution is -2.44. The number of thioether (sulfide) groups is 1. The summed E-state index contributed by atoms with van der Waals surface area (Å²) in [4.78, 5) is 15.9. The SMILES string of the molecule is CC(C)(CC(N)=O)NC1=NC2(CCCCC2)CS1. The number of nitrogens with one attached hydrogen (secondary N) is 1. The van der Waals surface area contributed by atoms with Gasteiger partial charge >= 0.3 is 0 Å². The first-order chi connectivity index (χ1) is 8.41. The molecule has 5 heteroatoms. The topological polar surface area (TPSA) is 67.5 Å². The molecule has 0 aromatic rings. The van der Waals surface area contributed by atoms with Gasteiger partial charge in [0.15, 0.2) is 5.17 Å². The van der Waals surface area contributed by atoms with Crippen LogP contribution < -0.4 is 11.1 Å². The summed E-state index contributed by atoms with van der Waals surface area (Å²) in [6.07, 6.45) is 6.68. The van der Waals surface area contributed by atoms with Crippen molar-refractivity contribution in [1.82, 2.24) is 5.32 Å². The summed E-state index contributed by atoms with van der Waals surface area (Å²) in [6, 6.07) is 0. The second-order valence-corrected chi connectivity index (χ2v) is 7.11. The Morgan fingerprint density at radius 3 is 2.72 bits per heavy atom. The number of rotatable bonds is 3. The Balaban J connectivity index is 1.98. The van der Waals surface area contributed by atoms with Gasteiger partial charge in [0.1, 0.15) is 0 Å². The highest BCUT2D eigenvalue weighted by Gasteiger charge is 2.37. The molecular formula is C13H23N3OS. The van der Waals surface area contributed by atoms with Crippen LogP contribution in [-0.2, 0) is 4.79 Å². The Bertz CT molecular complexity index is 359. The third kappa shape index (κ3) is 3.40. The van der Waals surface area contributed by atoms with E-state index in [1.165, 1.54) is 32.1 Å². The van der Waals surface area contributed by atoms with Crippen LogP contribution in [0.3, 0.4) is 0 Å². The summed E-state index contributed by atoms with van der Waals surface area (Å²) in [7, 11) is 0. The highest BCUT2D eigenvalue weighted by molar-refractivity contribution is 8.14. The summed E-state index contributed by atoms with van der Waals surface area (Å²) < 4.78 is 0. The van der Waals surface area contributed by atoms with Gasteiger partial charge in [-0.2, -0.15) is 0 Å². The van der Waals surface area contributed by atoms with Gasteiger partial charge in [-0.05, 0) is 26.7 Å². The van der Waals surface area contributed by atoms with E-state index in [-0.39, 0.29) is 17.0 Å². The van der Waals surface area contributed by atoms with Gasteiger partial charge < -0.3 is 11.1 Å². The molecule has 1 spiro atoms. The molecular weight excluding hydrogens is 246 g/mol. The number of carbonyl (C=O) groups is 1. The third-order valence-electron chi connectivity index (χ3n) is 3.66. The number of amidine groups is 1. The Labute approximate surface area is 113 Å². The van der Waals surface area contributed by atoms with E-state index in [0.717, 1.165) is 10.9 Å². The summed E-state index contributed by atoms with van der Waals surface area (Å²) in [5.41, 5.74) is 5.13. The molecule has 1 aliphatic heterocycles. The molecule has 0 aromatic carbocycles. The van der Waals surface area contributed by atoms with Gasteiger partial charge in [0.25, 0.3) is 0 Å². The van der Waals surface area contributed by atoms with Crippen molar-refractivity contribution in [1.29, 1.82) is 0 Å². The van der Waals surface area contributed by atoms with Crippen LogP contribution in [0.25, 0.3) is 0 Å². The van der Waals surface area contributed by atoms with E-state index in [4.69, 9.17) is 10.7 Å². The zero-order chi connectivity index (χ0) is 13.2. The first kappa shape index (κ1) is 13.7. The van der Waals surface area contributed by atoms with Crippen molar-refractivity contribution in [3.05, 3.63) is 0 Å². The number of nitrogens with two attached hydrogens (primary N) is 1. The highest BCUT2D eigenvalue weighted by Crippen LogP contribution is 2.39. The molecule has 4 nitrogen and oxygen atoms in total. The van der Waals surface area contributed by atoms with Crippen LogP contribution in [0.1, 0.15) is 52.4 Å². The molecule has 18 heavy (non-hydrogen) atoms. The smallest absolute Gasteiger partial charge is 0.219 e. The fourth-order valence-corrected chi connectivity index (χ4v) is 4.15. The van der Waals surface area contributed by atoms with E-state index in [1.807, 2.05) is 13.8 Å². The molecule has 1 amide bonds. The molecule has 3 N–H and O–H groups in total. The molecule has 1 heterocycles. The van der Waals surface area contributed by atoms with Crippen LogP contribution in [0.2, 0.25) is 0 Å². The van der Waals surface area contributed by atoms with Crippen LogP contribution in [-0.4, -0.2) is 27.9 Å². The van der Waals surface area contributed by atoms with Gasteiger partial charge in [-0.15, -0.1) is 0 Å². The van der Waals surface area contributed by atoms with E-state index >= 15 is 0 Å². The maximum absolute atomic E-state index is 11.0. The lowest BCUT2D eigenvalue weighted by Gasteiger charge is -2.29. The van der Waals surface area contributed by atoms with Crippen molar-refractivity contribution in [2.45, 2.75) is 63.5 Å². The molecule has 2 aliphatic rings. The number of hydrogen-bond donors (Lipinski definition) is 2. The molecule has 0 radical (unpaired) electrons. The van der Waals surface area contributed by atoms with Gasteiger partial charge in [0.05, 0.1) is 5.54 Å². The van der Waals surface area contributed by atoms with Crippen LogP contribution in [0.4, 0.5) is 0 Å².